The Balaban J connectivity index is 2.35. The average Bonchev–Trinajstić information content (AvgIpc) is 2.36. The molecule has 0 aliphatic carbocycles. The monoisotopic (exact) mass is 263 g/mol. The number of nitrogens with one attached hydrogen (secondary N) is 2. The van der Waals surface area contributed by atoms with E-state index in [1.807, 2.05) is 44.2 Å². The van der Waals surface area contributed by atoms with Gasteiger partial charge in [0.2, 0.25) is 11.8 Å². The van der Waals surface area contributed by atoms with Crippen LogP contribution in [-0.4, -0.2) is 42.9 Å². The van der Waals surface area contributed by atoms with Crippen molar-refractivity contribution in [2.75, 3.05) is 25.5 Å². The predicted molar refractivity (Wildman–Crippen MR) is 75.8 cm³/mol. The lowest BCUT2D eigenvalue weighted by Gasteiger charge is -2.18. The van der Waals surface area contributed by atoms with Gasteiger partial charge in [-0.15, -0.1) is 0 Å². The van der Waals surface area contributed by atoms with Gasteiger partial charge < -0.3 is 15.5 Å². The van der Waals surface area contributed by atoms with Gasteiger partial charge in [-0.1, -0.05) is 18.2 Å². The zero-order chi connectivity index (χ0) is 14.3. The molecule has 0 bridgehead atoms. The lowest BCUT2D eigenvalue weighted by Crippen LogP contribution is -2.42. The molecule has 0 unspecified atom stereocenters. The summed E-state index contributed by atoms with van der Waals surface area (Å²) in [6, 6.07) is 9.56. The second kappa shape index (κ2) is 7.41. The molecule has 0 atom stereocenters. The molecular formula is C14H21N3O2. The SMILES string of the molecule is CC(C)NC(=O)CN(C)C(=O)CNc1ccccc1. The van der Waals surface area contributed by atoms with Gasteiger partial charge in [-0.2, -0.15) is 0 Å². The molecule has 5 nitrogen and oxygen atoms in total. The molecule has 2 amide bonds. The van der Waals surface area contributed by atoms with Gasteiger partial charge in [0.15, 0.2) is 0 Å². The molecule has 0 spiro atoms. The van der Waals surface area contributed by atoms with E-state index in [-0.39, 0.29) is 30.9 Å². The maximum atomic E-state index is 11.8. The van der Waals surface area contributed by atoms with Crippen molar-refractivity contribution >= 4 is 17.5 Å². The average molecular weight is 263 g/mol. The van der Waals surface area contributed by atoms with Crippen molar-refractivity contribution in [2.45, 2.75) is 19.9 Å². The van der Waals surface area contributed by atoms with Gasteiger partial charge in [0.1, 0.15) is 0 Å². The molecule has 19 heavy (non-hydrogen) atoms. The largest absolute Gasteiger partial charge is 0.376 e. The second-order valence-electron chi connectivity index (χ2n) is 4.69. The molecule has 1 rings (SSSR count). The summed E-state index contributed by atoms with van der Waals surface area (Å²) in [6.45, 7) is 4.02. The summed E-state index contributed by atoms with van der Waals surface area (Å²) in [5.41, 5.74) is 0.885. The van der Waals surface area contributed by atoms with Crippen LogP contribution >= 0.6 is 0 Å². The lowest BCUT2D eigenvalue weighted by atomic mass is 10.3. The zero-order valence-electron chi connectivity index (χ0n) is 11.6. The van der Waals surface area contributed by atoms with Gasteiger partial charge in [0, 0.05) is 18.8 Å². The first-order chi connectivity index (χ1) is 8.99. The summed E-state index contributed by atoms with van der Waals surface area (Å²) in [6.07, 6.45) is 0. The third-order valence-electron chi connectivity index (χ3n) is 2.47. The Labute approximate surface area is 114 Å². The van der Waals surface area contributed by atoms with Crippen molar-refractivity contribution in [3.63, 3.8) is 0 Å². The van der Waals surface area contributed by atoms with Crippen molar-refractivity contribution in [3.05, 3.63) is 30.3 Å². The second-order valence-corrected chi connectivity index (χ2v) is 4.69. The Hall–Kier alpha value is -2.04. The van der Waals surface area contributed by atoms with Crippen LogP contribution in [0.1, 0.15) is 13.8 Å². The predicted octanol–water partition coefficient (Wildman–Crippen LogP) is 1.08. The highest BCUT2D eigenvalue weighted by Gasteiger charge is 2.12. The highest BCUT2D eigenvalue weighted by Crippen LogP contribution is 2.04. The normalized spacial score (nSPS) is 10.1. The van der Waals surface area contributed by atoms with Crippen molar-refractivity contribution in [3.8, 4) is 0 Å². The molecule has 0 saturated heterocycles. The van der Waals surface area contributed by atoms with Crippen LogP contribution in [0.4, 0.5) is 5.69 Å². The number of anilines is 1. The Kier molecular flexibility index (Phi) is 5.85. The summed E-state index contributed by atoms with van der Waals surface area (Å²) in [5.74, 6) is -0.270. The molecule has 0 aromatic heterocycles. The van der Waals surface area contributed by atoms with Gasteiger partial charge in [-0.05, 0) is 26.0 Å². The minimum atomic E-state index is -0.148. The van der Waals surface area contributed by atoms with E-state index in [1.165, 1.54) is 4.90 Å². The Morgan fingerprint density at radius 2 is 1.84 bits per heavy atom. The van der Waals surface area contributed by atoms with E-state index >= 15 is 0 Å². The van der Waals surface area contributed by atoms with E-state index in [4.69, 9.17) is 0 Å². The van der Waals surface area contributed by atoms with E-state index in [2.05, 4.69) is 10.6 Å². The maximum absolute atomic E-state index is 11.8. The molecule has 1 aromatic rings. The van der Waals surface area contributed by atoms with Crippen molar-refractivity contribution in [1.29, 1.82) is 0 Å². The van der Waals surface area contributed by atoms with E-state index < -0.39 is 0 Å². The van der Waals surface area contributed by atoms with Gasteiger partial charge in [-0.3, -0.25) is 9.59 Å². The van der Waals surface area contributed by atoms with E-state index in [0.717, 1.165) is 5.69 Å². The summed E-state index contributed by atoms with van der Waals surface area (Å²) in [5, 5.41) is 5.77. The van der Waals surface area contributed by atoms with Crippen LogP contribution < -0.4 is 10.6 Å². The van der Waals surface area contributed by atoms with Crippen LogP contribution in [0.15, 0.2) is 30.3 Å². The fourth-order valence-electron chi connectivity index (χ4n) is 1.54. The third kappa shape index (κ3) is 5.90. The van der Waals surface area contributed by atoms with E-state index in [0.29, 0.717) is 0 Å². The number of benzene rings is 1. The van der Waals surface area contributed by atoms with E-state index in [9.17, 15) is 9.59 Å². The molecule has 1 aromatic carbocycles. The molecule has 2 N–H and O–H groups in total. The Morgan fingerprint density at radius 3 is 2.42 bits per heavy atom. The Bertz CT molecular complexity index is 418. The quantitative estimate of drug-likeness (QED) is 0.807. The molecule has 104 valence electrons. The number of carbonyl (C=O) groups is 2. The number of likely N-dealkylation sites (N-methyl/N-ethyl adjacent to an activating group) is 1. The van der Waals surface area contributed by atoms with Gasteiger partial charge in [0.25, 0.3) is 0 Å². The first-order valence-electron chi connectivity index (χ1n) is 6.31. The third-order valence-corrected chi connectivity index (χ3v) is 2.47. The number of para-hydroxylation sites is 1. The number of nitrogens with zero attached hydrogens (tertiary/aromatic N) is 1. The highest BCUT2D eigenvalue weighted by atomic mass is 16.2. The maximum Gasteiger partial charge on any atom is 0.242 e. The molecular weight excluding hydrogens is 242 g/mol. The van der Waals surface area contributed by atoms with Gasteiger partial charge in [0.05, 0.1) is 13.1 Å². The van der Waals surface area contributed by atoms with Gasteiger partial charge >= 0.3 is 0 Å². The lowest BCUT2D eigenvalue weighted by molar-refractivity contribution is -0.133. The molecule has 0 radical (unpaired) electrons. The zero-order valence-corrected chi connectivity index (χ0v) is 11.6. The molecule has 0 saturated carbocycles. The standard InChI is InChI=1S/C14H21N3O2/c1-11(2)16-13(18)10-17(3)14(19)9-15-12-7-5-4-6-8-12/h4-8,11,15H,9-10H2,1-3H3,(H,16,18). The highest BCUT2D eigenvalue weighted by molar-refractivity contribution is 5.86. The van der Waals surface area contributed by atoms with Crippen molar-refractivity contribution < 1.29 is 9.59 Å². The summed E-state index contributed by atoms with van der Waals surface area (Å²) >= 11 is 0. The summed E-state index contributed by atoms with van der Waals surface area (Å²) in [4.78, 5) is 24.7. The van der Waals surface area contributed by atoms with Crippen LogP contribution in [0.2, 0.25) is 0 Å². The van der Waals surface area contributed by atoms with Crippen LogP contribution in [0.25, 0.3) is 0 Å². The van der Waals surface area contributed by atoms with E-state index in [1.54, 1.807) is 7.05 Å². The first-order valence-corrected chi connectivity index (χ1v) is 6.31. The number of rotatable bonds is 6. The molecule has 0 aliphatic rings. The van der Waals surface area contributed by atoms with Crippen LogP contribution in [-0.2, 0) is 9.59 Å². The van der Waals surface area contributed by atoms with Crippen molar-refractivity contribution in [2.24, 2.45) is 0 Å². The van der Waals surface area contributed by atoms with Crippen LogP contribution in [0, 0.1) is 0 Å². The minimum Gasteiger partial charge on any atom is -0.376 e. The van der Waals surface area contributed by atoms with Crippen molar-refractivity contribution in [1.82, 2.24) is 10.2 Å². The summed E-state index contributed by atoms with van der Waals surface area (Å²) in [7, 11) is 1.62. The fraction of sp³-hybridized carbons (Fsp3) is 0.429. The summed E-state index contributed by atoms with van der Waals surface area (Å²) < 4.78 is 0. The Morgan fingerprint density at radius 1 is 1.21 bits per heavy atom. The molecule has 0 heterocycles. The topological polar surface area (TPSA) is 61.4 Å². The van der Waals surface area contributed by atoms with Crippen LogP contribution in [0.5, 0.6) is 0 Å². The minimum absolute atomic E-state index is 0.0769. The number of amides is 2. The smallest absolute Gasteiger partial charge is 0.242 e. The van der Waals surface area contributed by atoms with Crippen LogP contribution in [0.3, 0.4) is 0 Å². The van der Waals surface area contributed by atoms with Gasteiger partial charge in [-0.25, -0.2) is 0 Å². The number of hydrogen-bond donors (Lipinski definition) is 2. The number of hydrogen-bond acceptors (Lipinski definition) is 3. The molecule has 0 aliphatic heterocycles. The number of carbonyl (C=O) groups excluding carboxylic acids is 2. The molecule has 0 fully saturated rings. The fourth-order valence-corrected chi connectivity index (χ4v) is 1.54. The first kappa shape index (κ1) is 15.0. The molecule has 5 heteroatoms.